The van der Waals surface area contributed by atoms with Gasteiger partial charge in [-0.25, -0.2) is 0 Å². The number of benzene rings is 3. The summed E-state index contributed by atoms with van der Waals surface area (Å²) in [4.78, 5) is 12.4. The molecule has 0 amide bonds. The maximum absolute atomic E-state index is 12.4. The van der Waals surface area contributed by atoms with E-state index in [1.54, 1.807) is 0 Å². The van der Waals surface area contributed by atoms with Crippen LogP contribution < -0.4 is 0 Å². The summed E-state index contributed by atoms with van der Waals surface area (Å²) < 4.78 is 17.1. The summed E-state index contributed by atoms with van der Waals surface area (Å²) in [6.45, 7) is 6.90. The second-order valence-electron chi connectivity index (χ2n) is 9.71. The van der Waals surface area contributed by atoms with Crippen molar-refractivity contribution in [3.63, 3.8) is 0 Å². The van der Waals surface area contributed by atoms with Crippen LogP contribution in [0.3, 0.4) is 0 Å². The highest BCUT2D eigenvalue weighted by atomic mass is 16.5. The van der Waals surface area contributed by atoms with Crippen molar-refractivity contribution in [2.75, 3.05) is 13.2 Å². The molecule has 0 spiro atoms. The highest BCUT2D eigenvalue weighted by Crippen LogP contribution is 2.49. The van der Waals surface area contributed by atoms with Crippen molar-refractivity contribution >= 4 is 5.97 Å². The van der Waals surface area contributed by atoms with Crippen LogP contribution in [0.15, 0.2) is 83.4 Å². The molecule has 1 saturated carbocycles. The summed E-state index contributed by atoms with van der Waals surface area (Å²) in [5.74, 6) is 0.686. The fourth-order valence-corrected chi connectivity index (χ4v) is 4.87. The van der Waals surface area contributed by atoms with Gasteiger partial charge in [-0.3, -0.25) is 4.79 Å². The van der Waals surface area contributed by atoms with Gasteiger partial charge in [-0.15, -0.1) is 0 Å². The van der Waals surface area contributed by atoms with Gasteiger partial charge < -0.3 is 14.0 Å². The fraction of sp³-hybridized carbons (Fsp3) is 0.312. The van der Waals surface area contributed by atoms with Crippen LogP contribution in [0.1, 0.15) is 55.2 Å². The van der Waals surface area contributed by atoms with Gasteiger partial charge in [0.2, 0.25) is 0 Å². The Labute approximate surface area is 218 Å². The quantitative estimate of drug-likeness (QED) is 0.217. The van der Waals surface area contributed by atoms with E-state index in [-0.39, 0.29) is 12.1 Å². The second-order valence-corrected chi connectivity index (χ2v) is 9.71. The average molecular weight is 496 g/mol. The van der Waals surface area contributed by atoms with Crippen molar-refractivity contribution in [1.82, 2.24) is 5.16 Å². The van der Waals surface area contributed by atoms with Gasteiger partial charge in [0.25, 0.3) is 0 Å². The normalized spacial score (nSPS) is 14.8. The molecule has 5 rings (SSSR count). The molecule has 1 aliphatic carbocycles. The fourth-order valence-electron chi connectivity index (χ4n) is 4.87. The highest BCUT2D eigenvalue weighted by Gasteiger charge is 2.52. The molecule has 0 bridgehead atoms. The van der Waals surface area contributed by atoms with E-state index in [2.05, 4.69) is 72.7 Å². The molecule has 0 N–H and O–H groups in total. The monoisotopic (exact) mass is 495 g/mol. The Kier molecular flexibility index (Phi) is 7.24. The number of nitrogens with zero attached hydrogens (tertiary/aromatic N) is 1. The van der Waals surface area contributed by atoms with Crippen LogP contribution in [0, 0.1) is 6.92 Å². The van der Waals surface area contributed by atoms with Gasteiger partial charge in [0, 0.05) is 17.5 Å². The topological polar surface area (TPSA) is 61.6 Å². The lowest BCUT2D eigenvalue weighted by atomic mass is 9.93. The third-order valence-electron chi connectivity index (χ3n) is 7.31. The lowest BCUT2D eigenvalue weighted by molar-refractivity contribution is -0.146. The van der Waals surface area contributed by atoms with Crippen LogP contribution in [0.25, 0.3) is 22.5 Å². The number of carbonyl (C=O) groups is 1. The molecule has 1 atom stereocenters. The van der Waals surface area contributed by atoms with Gasteiger partial charge in [-0.1, -0.05) is 84.0 Å². The first-order valence-electron chi connectivity index (χ1n) is 13.0. The molecule has 4 aromatic rings. The lowest BCUT2D eigenvalue weighted by Gasteiger charge is -2.15. The molecule has 1 unspecified atom stereocenters. The Morgan fingerprint density at radius 2 is 1.57 bits per heavy atom. The summed E-state index contributed by atoms with van der Waals surface area (Å²) in [5, 5.41) is 4.23. The molecule has 0 aliphatic heterocycles. The maximum Gasteiger partial charge on any atom is 0.316 e. The van der Waals surface area contributed by atoms with Crippen molar-refractivity contribution < 1.29 is 18.8 Å². The summed E-state index contributed by atoms with van der Waals surface area (Å²) in [5.41, 5.74) is 6.93. The van der Waals surface area contributed by atoms with Crippen LogP contribution in [0.5, 0.6) is 0 Å². The van der Waals surface area contributed by atoms with E-state index in [1.165, 1.54) is 5.56 Å². The molecule has 1 aromatic heterocycles. The standard InChI is InChI=1S/C32H33NO4/c1-4-35-31(34)32(19-20-32)28-16-14-26(15-17-28)25-10-12-27(13-11-25)30-29(22(2)33-37-30)18-21-36-23(3)24-8-6-5-7-9-24/h5-17,23H,4,18-21H2,1-3H3. The Hall–Kier alpha value is -3.70. The molecule has 190 valence electrons. The van der Waals surface area contributed by atoms with Crippen LogP contribution in [0.4, 0.5) is 0 Å². The minimum Gasteiger partial charge on any atom is -0.465 e. The first kappa shape index (κ1) is 25.0. The lowest BCUT2D eigenvalue weighted by Crippen LogP contribution is -2.23. The Bertz CT molecular complexity index is 1340. The minimum absolute atomic E-state index is 0.0302. The molecule has 5 nitrogen and oxygen atoms in total. The zero-order valence-corrected chi connectivity index (χ0v) is 21.7. The molecular weight excluding hydrogens is 462 g/mol. The van der Waals surface area contributed by atoms with Gasteiger partial charge in [-0.2, -0.15) is 0 Å². The van der Waals surface area contributed by atoms with Crippen molar-refractivity contribution in [2.45, 2.75) is 51.6 Å². The number of aromatic nitrogens is 1. The number of rotatable bonds is 10. The minimum atomic E-state index is -0.443. The van der Waals surface area contributed by atoms with Crippen molar-refractivity contribution in [3.8, 4) is 22.5 Å². The SMILES string of the molecule is CCOC(=O)C1(c2ccc(-c3ccc(-c4onc(C)c4CCOC(C)c4ccccc4)cc3)cc2)CC1. The van der Waals surface area contributed by atoms with Crippen LogP contribution in [-0.4, -0.2) is 24.3 Å². The number of hydrogen-bond acceptors (Lipinski definition) is 5. The first-order valence-corrected chi connectivity index (χ1v) is 13.0. The van der Waals surface area contributed by atoms with E-state index in [4.69, 9.17) is 14.0 Å². The van der Waals surface area contributed by atoms with E-state index < -0.39 is 5.41 Å². The number of aryl methyl sites for hydroxylation is 1. The van der Waals surface area contributed by atoms with Crippen LogP contribution >= 0.6 is 0 Å². The number of ether oxygens (including phenoxy) is 2. The van der Waals surface area contributed by atoms with Gasteiger partial charge >= 0.3 is 5.97 Å². The third kappa shape index (κ3) is 5.23. The Balaban J connectivity index is 1.26. The molecule has 0 saturated heterocycles. The second kappa shape index (κ2) is 10.7. The smallest absolute Gasteiger partial charge is 0.316 e. The van der Waals surface area contributed by atoms with Crippen molar-refractivity contribution in [3.05, 3.63) is 101 Å². The zero-order valence-electron chi connectivity index (χ0n) is 21.7. The van der Waals surface area contributed by atoms with E-state index in [0.29, 0.717) is 13.2 Å². The summed E-state index contributed by atoms with van der Waals surface area (Å²) in [6, 6.07) is 26.9. The van der Waals surface area contributed by atoms with Gasteiger partial charge in [-0.05, 0) is 55.9 Å². The highest BCUT2D eigenvalue weighted by molar-refractivity contribution is 5.87. The predicted octanol–water partition coefficient (Wildman–Crippen LogP) is 7.23. The van der Waals surface area contributed by atoms with Crippen molar-refractivity contribution in [1.29, 1.82) is 0 Å². The van der Waals surface area contributed by atoms with E-state index >= 15 is 0 Å². The first-order chi connectivity index (χ1) is 18.0. The zero-order chi connectivity index (χ0) is 25.8. The molecule has 1 aliphatic rings. The molecule has 3 aromatic carbocycles. The molecule has 1 fully saturated rings. The van der Waals surface area contributed by atoms with Crippen LogP contribution in [0.2, 0.25) is 0 Å². The maximum atomic E-state index is 12.4. The van der Waals surface area contributed by atoms with Crippen LogP contribution in [-0.2, 0) is 26.1 Å². The number of carbonyl (C=O) groups excluding carboxylic acids is 1. The van der Waals surface area contributed by atoms with E-state index in [1.807, 2.05) is 32.0 Å². The summed E-state index contributed by atoms with van der Waals surface area (Å²) in [6.07, 6.45) is 2.47. The van der Waals surface area contributed by atoms with Gasteiger partial charge in [0.1, 0.15) is 0 Å². The largest absolute Gasteiger partial charge is 0.465 e. The Morgan fingerprint density at radius 3 is 2.19 bits per heavy atom. The van der Waals surface area contributed by atoms with Gasteiger partial charge in [0.05, 0.1) is 30.4 Å². The average Bonchev–Trinajstić information content (AvgIpc) is 3.68. The number of hydrogen-bond donors (Lipinski definition) is 0. The van der Waals surface area contributed by atoms with Crippen molar-refractivity contribution in [2.24, 2.45) is 0 Å². The number of esters is 1. The third-order valence-corrected chi connectivity index (χ3v) is 7.31. The summed E-state index contributed by atoms with van der Waals surface area (Å²) >= 11 is 0. The Morgan fingerprint density at radius 1 is 0.946 bits per heavy atom. The molecule has 5 heteroatoms. The molecular formula is C32H33NO4. The van der Waals surface area contributed by atoms with Gasteiger partial charge in [0.15, 0.2) is 5.76 Å². The predicted molar refractivity (Wildman–Crippen MR) is 144 cm³/mol. The van der Waals surface area contributed by atoms with E-state index in [9.17, 15) is 4.79 Å². The summed E-state index contributed by atoms with van der Waals surface area (Å²) in [7, 11) is 0. The molecule has 0 radical (unpaired) electrons. The van der Waals surface area contributed by atoms with E-state index in [0.717, 1.165) is 58.5 Å². The molecule has 1 heterocycles. The molecule has 37 heavy (non-hydrogen) atoms.